The summed E-state index contributed by atoms with van der Waals surface area (Å²) in [5.74, 6) is -0.235. The summed E-state index contributed by atoms with van der Waals surface area (Å²) in [7, 11) is 0. The summed E-state index contributed by atoms with van der Waals surface area (Å²) < 4.78 is 11.5. The molecule has 0 bridgehead atoms. The van der Waals surface area contributed by atoms with Gasteiger partial charge in [0.15, 0.2) is 5.76 Å². The number of carbonyl (C=O) groups excluding carboxylic acids is 1. The van der Waals surface area contributed by atoms with E-state index in [-0.39, 0.29) is 23.7 Å². The van der Waals surface area contributed by atoms with Crippen molar-refractivity contribution in [3.05, 3.63) is 122 Å². The van der Waals surface area contributed by atoms with E-state index in [1.165, 1.54) is 42.6 Å². The molecule has 1 N–H and O–H groups in total. The average molecular weight is 510 g/mol. The van der Waals surface area contributed by atoms with Crippen molar-refractivity contribution in [2.45, 2.75) is 6.61 Å². The second-order valence-corrected chi connectivity index (χ2v) is 8.20. The summed E-state index contributed by atoms with van der Waals surface area (Å²) in [6.07, 6.45) is 1.44. The zero-order valence-electron chi connectivity index (χ0n) is 19.6. The fourth-order valence-electron chi connectivity index (χ4n) is 3.92. The Kier molecular flexibility index (Phi) is 6.47. The van der Waals surface area contributed by atoms with Crippen molar-refractivity contribution in [3.8, 4) is 5.75 Å². The van der Waals surface area contributed by atoms with Gasteiger partial charge in [0.2, 0.25) is 0 Å². The summed E-state index contributed by atoms with van der Waals surface area (Å²) in [6.45, 7) is 0.0817. The summed E-state index contributed by atoms with van der Waals surface area (Å²) in [5, 5.41) is 28.3. The van der Waals surface area contributed by atoms with Crippen molar-refractivity contribution in [2.24, 2.45) is 5.10 Å². The van der Waals surface area contributed by atoms with Crippen molar-refractivity contribution in [1.82, 2.24) is 5.43 Å². The Balaban J connectivity index is 1.38. The number of nitrogens with zero attached hydrogens (tertiary/aromatic N) is 3. The minimum Gasteiger partial charge on any atom is -0.488 e. The van der Waals surface area contributed by atoms with E-state index in [9.17, 15) is 25.0 Å². The van der Waals surface area contributed by atoms with Crippen LogP contribution in [0.3, 0.4) is 0 Å². The number of furan rings is 1. The molecule has 0 radical (unpaired) electrons. The number of rotatable bonds is 8. The third-order valence-corrected chi connectivity index (χ3v) is 5.74. The first-order valence-corrected chi connectivity index (χ1v) is 11.3. The standard InChI is InChI=1S/C27H18N4O7/c32-27(26-14-19-13-21(31(35)36)9-11-24(19)38-26)29-28-15-23-22-7-2-1-5-18(22)8-10-25(23)37-16-17-4-3-6-20(12-17)30(33)34/h1-15H,16H2,(H,29,32)/b28-15-. The summed E-state index contributed by atoms with van der Waals surface area (Å²) in [5.41, 5.74) is 3.80. The van der Waals surface area contributed by atoms with Crippen LogP contribution in [-0.4, -0.2) is 22.0 Å². The highest BCUT2D eigenvalue weighted by Gasteiger charge is 2.15. The Morgan fingerprint density at radius 1 is 0.895 bits per heavy atom. The molecule has 5 rings (SSSR count). The topological polar surface area (TPSA) is 150 Å². The zero-order chi connectivity index (χ0) is 26.6. The zero-order valence-corrected chi connectivity index (χ0v) is 19.6. The van der Waals surface area contributed by atoms with Crippen molar-refractivity contribution in [1.29, 1.82) is 0 Å². The molecule has 0 unspecified atom stereocenters. The number of benzene rings is 4. The van der Waals surface area contributed by atoms with Crippen LogP contribution in [0.5, 0.6) is 5.75 Å². The maximum Gasteiger partial charge on any atom is 0.307 e. The minimum atomic E-state index is -0.639. The Morgan fingerprint density at radius 2 is 1.68 bits per heavy atom. The number of nitrogens with one attached hydrogen (secondary N) is 1. The quantitative estimate of drug-likeness (QED) is 0.159. The molecular formula is C27H18N4O7. The fourth-order valence-corrected chi connectivity index (χ4v) is 3.92. The SMILES string of the molecule is O=C(N/N=C\c1c(OCc2cccc([N+](=O)[O-])c2)ccc2ccccc12)c1cc2cc([N+](=O)[O-])ccc2o1. The van der Waals surface area contributed by atoms with Crippen molar-refractivity contribution < 1.29 is 23.8 Å². The van der Waals surface area contributed by atoms with E-state index in [0.29, 0.717) is 27.8 Å². The maximum atomic E-state index is 12.6. The van der Waals surface area contributed by atoms with Crippen LogP contribution in [0, 0.1) is 20.2 Å². The van der Waals surface area contributed by atoms with Gasteiger partial charge in [0.05, 0.1) is 16.1 Å². The number of hydrogen-bond acceptors (Lipinski definition) is 8. The molecule has 0 spiro atoms. The molecule has 0 saturated carbocycles. The van der Waals surface area contributed by atoms with E-state index >= 15 is 0 Å². The second kappa shape index (κ2) is 10.2. The fraction of sp³-hybridized carbons (Fsp3) is 0.0370. The monoisotopic (exact) mass is 510 g/mol. The molecule has 0 saturated heterocycles. The number of nitro groups is 2. The van der Waals surface area contributed by atoms with Crippen LogP contribution < -0.4 is 10.2 Å². The second-order valence-electron chi connectivity index (χ2n) is 8.20. The first-order chi connectivity index (χ1) is 18.4. The highest BCUT2D eigenvalue weighted by molar-refractivity contribution is 6.03. The number of non-ortho nitro benzene ring substituents is 2. The summed E-state index contributed by atoms with van der Waals surface area (Å²) in [4.78, 5) is 33.7. The van der Waals surface area contributed by atoms with Gasteiger partial charge in [-0.05, 0) is 34.5 Å². The number of nitro benzene ring substituents is 2. The van der Waals surface area contributed by atoms with Crippen molar-refractivity contribution in [3.63, 3.8) is 0 Å². The van der Waals surface area contributed by atoms with E-state index in [4.69, 9.17) is 9.15 Å². The molecule has 0 aliphatic rings. The molecule has 5 aromatic rings. The Morgan fingerprint density at radius 3 is 2.50 bits per heavy atom. The molecule has 0 aliphatic carbocycles. The van der Waals surface area contributed by atoms with E-state index in [2.05, 4.69) is 10.5 Å². The van der Waals surface area contributed by atoms with Gasteiger partial charge in [0, 0.05) is 35.2 Å². The summed E-state index contributed by atoms with van der Waals surface area (Å²) in [6, 6.07) is 22.8. The maximum absolute atomic E-state index is 12.6. The van der Waals surface area contributed by atoms with Crippen LogP contribution in [0.25, 0.3) is 21.7 Å². The number of ether oxygens (including phenoxy) is 1. The lowest BCUT2D eigenvalue weighted by molar-refractivity contribution is -0.385. The molecule has 1 heterocycles. The molecule has 0 aliphatic heterocycles. The molecule has 0 atom stereocenters. The largest absolute Gasteiger partial charge is 0.488 e. The van der Waals surface area contributed by atoms with Gasteiger partial charge in [-0.15, -0.1) is 0 Å². The Labute approximate surface area is 214 Å². The van der Waals surface area contributed by atoms with E-state index in [0.717, 1.165) is 10.8 Å². The lowest BCUT2D eigenvalue weighted by atomic mass is 10.0. The highest BCUT2D eigenvalue weighted by Crippen LogP contribution is 2.28. The van der Waals surface area contributed by atoms with Gasteiger partial charge in [-0.3, -0.25) is 25.0 Å². The third-order valence-electron chi connectivity index (χ3n) is 5.74. The summed E-state index contributed by atoms with van der Waals surface area (Å²) >= 11 is 0. The first-order valence-electron chi connectivity index (χ1n) is 11.3. The smallest absolute Gasteiger partial charge is 0.307 e. The van der Waals surface area contributed by atoms with Gasteiger partial charge in [-0.1, -0.05) is 42.5 Å². The number of hydrogen-bond donors (Lipinski definition) is 1. The van der Waals surface area contributed by atoms with E-state index in [1.54, 1.807) is 18.2 Å². The van der Waals surface area contributed by atoms with Crippen LogP contribution in [-0.2, 0) is 6.61 Å². The van der Waals surface area contributed by atoms with Crippen LogP contribution in [0.15, 0.2) is 94.4 Å². The minimum absolute atomic E-state index is 0.0331. The molecule has 11 heteroatoms. The van der Waals surface area contributed by atoms with Crippen molar-refractivity contribution >= 4 is 45.2 Å². The molecule has 1 amide bonds. The average Bonchev–Trinajstić information content (AvgIpc) is 3.36. The molecule has 38 heavy (non-hydrogen) atoms. The number of hydrazone groups is 1. The van der Waals surface area contributed by atoms with Gasteiger partial charge in [0.25, 0.3) is 11.4 Å². The van der Waals surface area contributed by atoms with E-state index in [1.807, 2.05) is 30.3 Å². The Bertz CT molecular complexity index is 1740. The molecular weight excluding hydrogens is 492 g/mol. The normalized spacial score (nSPS) is 11.2. The first kappa shape index (κ1) is 24.1. The van der Waals surface area contributed by atoms with Gasteiger partial charge >= 0.3 is 5.91 Å². The number of carbonyl (C=O) groups is 1. The van der Waals surface area contributed by atoms with Crippen LogP contribution in [0.1, 0.15) is 21.7 Å². The van der Waals surface area contributed by atoms with Gasteiger partial charge < -0.3 is 9.15 Å². The predicted molar refractivity (Wildman–Crippen MR) is 139 cm³/mol. The molecule has 11 nitrogen and oxygen atoms in total. The van der Waals surface area contributed by atoms with Gasteiger partial charge in [0.1, 0.15) is 17.9 Å². The van der Waals surface area contributed by atoms with Crippen LogP contribution in [0.2, 0.25) is 0 Å². The lowest BCUT2D eigenvalue weighted by Crippen LogP contribution is -2.16. The Hall–Kier alpha value is -5.58. The predicted octanol–water partition coefficient (Wildman–Crippen LogP) is 5.75. The van der Waals surface area contributed by atoms with E-state index < -0.39 is 15.8 Å². The molecule has 1 aromatic heterocycles. The molecule has 4 aromatic carbocycles. The highest BCUT2D eigenvalue weighted by atomic mass is 16.6. The molecule has 188 valence electrons. The lowest BCUT2D eigenvalue weighted by Gasteiger charge is -2.12. The third kappa shape index (κ3) is 5.02. The van der Waals surface area contributed by atoms with Crippen LogP contribution in [0.4, 0.5) is 11.4 Å². The number of fused-ring (bicyclic) bond motifs is 2. The van der Waals surface area contributed by atoms with Gasteiger partial charge in [-0.25, -0.2) is 5.43 Å². The van der Waals surface area contributed by atoms with Crippen LogP contribution >= 0.6 is 0 Å². The van der Waals surface area contributed by atoms with Gasteiger partial charge in [-0.2, -0.15) is 5.10 Å². The molecule has 0 fully saturated rings. The number of amides is 1. The van der Waals surface area contributed by atoms with Crippen molar-refractivity contribution in [2.75, 3.05) is 0 Å².